The zero-order valence-electron chi connectivity index (χ0n) is 12.5. The largest absolute Gasteiger partial charge is 0.383 e. The summed E-state index contributed by atoms with van der Waals surface area (Å²) >= 11 is 5.94. The summed E-state index contributed by atoms with van der Waals surface area (Å²) in [4.78, 5) is 23.3. The lowest BCUT2D eigenvalue weighted by atomic mass is 9.75. The van der Waals surface area contributed by atoms with E-state index in [-0.39, 0.29) is 12.8 Å². The lowest BCUT2D eigenvalue weighted by Crippen LogP contribution is -2.61. The fourth-order valence-electron chi connectivity index (χ4n) is 2.22. The van der Waals surface area contributed by atoms with Gasteiger partial charge in [0.15, 0.2) is 0 Å². The van der Waals surface area contributed by atoms with E-state index in [0.717, 1.165) is 5.56 Å². The van der Waals surface area contributed by atoms with Crippen molar-refractivity contribution in [3.8, 4) is 0 Å². The van der Waals surface area contributed by atoms with Crippen LogP contribution in [0.2, 0.25) is 5.02 Å². The van der Waals surface area contributed by atoms with E-state index in [4.69, 9.17) is 11.6 Å². The van der Waals surface area contributed by atoms with Crippen LogP contribution in [-0.2, 0) is 9.59 Å². The highest BCUT2D eigenvalue weighted by atomic mass is 35.5. The number of hydrogen-bond donors (Lipinski definition) is 3. The van der Waals surface area contributed by atoms with Gasteiger partial charge in [0, 0.05) is 0 Å². The van der Waals surface area contributed by atoms with E-state index in [1.807, 2.05) is 12.2 Å². The molecule has 0 heterocycles. The topological polar surface area (TPSA) is 78.4 Å². The Labute approximate surface area is 137 Å². The first-order valence-corrected chi connectivity index (χ1v) is 7.48. The molecule has 1 aliphatic carbocycles. The van der Waals surface area contributed by atoms with Crippen LogP contribution in [0.4, 0.5) is 14.5 Å². The molecule has 2 amide bonds. The van der Waals surface area contributed by atoms with Crippen LogP contribution in [0.25, 0.3) is 0 Å². The van der Waals surface area contributed by atoms with Gasteiger partial charge in [-0.25, -0.2) is 0 Å². The van der Waals surface area contributed by atoms with Crippen LogP contribution in [0, 0.1) is 6.92 Å². The number of anilines is 1. The Hall–Kier alpha value is -1.73. The number of rotatable bonds is 5. The minimum atomic E-state index is -3.92. The fraction of sp³-hybridized carbons (Fsp3) is 0.467. The smallest absolute Gasteiger partial charge is 0.352 e. The van der Waals surface area contributed by atoms with Crippen molar-refractivity contribution in [2.24, 2.45) is 0 Å². The summed E-state index contributed by atoms with van der Waals surface area (Å²) in [5.41, 5.74) is -1.09. The summed E-state index contributed by atoms with van der Waals surface area (Å²) < 4.78 is 27.6. The second kappa shape index (κ2) is 6.41. The van der Waals surface area contributed by atoms with Gasteiger partial charge in [-0.15, -0.1) is 0 Å². The summed E-state index contributed by atoms with van der Waals surface area (Å²) in [6, 6.07) is 4.93. The Balaban J connectivity index is 1.90. The van der Waals surface area contributed by atoms with Gasteiger partial charge in [-0.3, -0.25) is 9.59 Å². The summed E-state index contributed by atoms with van der Waals surface area (Å²) in [5, 5.41) is 14.2. The summed E-state index contributed by atoms with van der Waals surface area (Å²) in [7, 11) is 0. The van der Waals surface area contributed by atoms with Crippen molar-refractivity contribution >= 4 is 29.1 Å². The van der Waals surface area contributed by atoms with Gasteiger partial charge in [0.25, 0.3) is 5.91 Å². The van der Waals surface area contributed by atoms with Gasteiger partial charge in [0.2, 0.25) is 5.91 Å². The standard InChI is InChI=1S/C15H17ClF2N2O3/c1-9-3-4-11(10(16)7-9)20-12(21)8-19-13(22)15(17,18)14(23)5-2-6-14/h3-4,7,23H,2,5-6,8H2,1H3,(H,19,22)(H,20,21). The van der Waals surface area contributed by atoms with Crippen LogP contribution in [0.5, 0.6) is 0 Å². The van der Waals surface area contributed by atoms with Crippen LogP contribution in [0.15, 0.2) is 18.2 Å². The van der Waals surface area contributed by atoms with E-state index < -0.39 is 29.9 Å². The second-order valence-electron chi connectivity index (χ2n) is 5.67. The maximum atomic E-state index is 13.8. The van der Waals surface area contributed by atoms with Crippen molar-refractivity contribution in [3.63, 3.8) is 0 Å². The van der Waals surface area contributed by atoms with Crippen molar-refractivity contribution in [1.82, 2.24) is 5.32 Å². The van der Waals surface area contributed by atoms with Gasteiger partial charge in [0.05, 0.1) is 17.3 Å². The van der Waals surface area contributed by atoms with Crippen molar-refractivity contribution < 1.29 is 23.5 Å². The Bertz CT molecular complexity index is 633. The molecular formula is C15H17ClF2N2O3. The molecular weight excluding hydrogens is 330 g/mol. The molecule has 0 unspecified atom stereocenters. The van der Waals surface area contributed by atoms with Crippen LogP contribution in [0.1, 0.15) is 24.8 Å². The molecule has 0 radical (unpaired) electrons. The number of carbonyl (C=O) groups is 2. The van der Waals surface area contributed by atoms with E-state index in [9.17, 15) is 23.5 Å². The lowest BCUT2D eigenvalue weighted by molar-refractivity contribution is -0.215. The summed E-state index contributed by atoms with van der Waals surface area (Å²) in [5.74, 6) is -6.28. The first-order valence-electron chi connectivity index (χ1n) is 7.10. The molecule has 126 valence electrons. The Morgan fingerprint density at radius 1 is 1.39 bits per heavy atom. The van der Waals surface area contributed by atoms with E-state index in [1.54, 1.807) is 18.2 Å². The highest BCUT2D eigenvalue weighted by molar-refractivity contribution is 6.33. The molecule has 0 aliphatic heterocycles. The molecule has 8 heteroatoms. The minimum Gasteiger partial charge on any atom is -0.383 e. The van der Waals surface area contributed by atoms with E-state index in [2.05, 4.69) is 5.32 Å². The second-order valence-corrected chi connectivity index (χ2v) is 6.08. The number of nitrogens with one attached hydrogen (secondary N) is 2. The SMILES string of the molecule is Cc1ccc(NC(=O)CNC(=O)C(F)(F)C2(O)CCC2)c(Cl)c1. The number of aliphatic hydroxyl groups is 1. The number of carbonyl (C=O) groups excluding carboxylic acids is 2. The van der Waals surface area contributed by atoms with E-state index >= 15 is 0 Å². The zero-order valence-corrected chi connectivity index (χ0v) is 13.2. The van der Waals surface area contributed by atoms with Gasteiger partial charge in [-0.2, -0.15) is 8.78 Å². The number of hydrogen-bond acceptors (Lipinski definition) is 3. The van der Waals surface area contributed by atoms with Crippen molar-refractivity contribution in [1.29, 1.82) is 0 Å². The lowest BCUT2D eigenvalue weighted by Gasteiger charge is -2.41. The van der Waals surface area contributed by atoms with Crippen molar-refractivity contribution in [3.05, 3.63) is 28.8 Å². The normalized spacial score (nSPS) is 16.4. The minimum absolute atomic E-state index is 0.140. The Kier molecular flexibility index (Phi) is 4.91. The number of amides is 2. The average molecular weight is 347 g/mol. The predicted molar refractivity (Wildman–Crippen MR) is 81.6 cm³/mol. The first-order chi connectivity index (χ1) is 10.7. The molecule has 2 rings (SSSR count). The third-order valence-corrected chi connectivity index (χ3v) is 4.17. The molecule has 1 aromatic rings. The summed E-state index contributed by atoms with van der Waals surface area (Å²) in [6.45, 7) is 1.18. The number of alkyl halides is 2. The molecule has 0 atom stereocenters. The van der Waals surface area contributed by atoms with Crippen LogP contribution < -0.4 is 10.6 Å². The molecule has 0 saturated heterocycles. The third-order valence-electron chi connectivity index (χ3n) is 3.86. The van der Waals surface area contributed by atoms with Gasteiger partial charge in [0.1, 0.15) is 5.60 Å². The highest BCUT2D eigenvalue weighted by Crippen LogP contribution is 2.44. The quantitative estimate of drug-likeness (QED) is 0.765. The maximum absolute atomic E-state index is 13.8. The molecule has 1 aromatic carbocycles. The van der Waals surface area contributed by atoms with Gasteiger partial charge >= 0.3 is 5.92 Å². The summed E-state index contributed by atoms with van der Waals surface area (Å²) in [6.07, 6.45) is 0.156. The molecule has 1 fully saturated rings. The number of aryl methyl sites for hydroxylation is 1. The van der Waals surface area contributed by atoms with E-state index in [1.165, 1.54) is 0 Å². The average Bonchev–Trinajstić information content (AvgIpc) is 2.44. The maximum Gasteiger partial charge on any atom is 0.352 e. The zero-order chi connectivity index (χ0) is 17.3. The molecule has 1 aliphatic rings. The van der Waals surface area contributed by atoms with Gasteiger partial charge in [-0.05, 0) is 43.9 Å². The molecule has 0 aromatic heterocycles. The molecule has 3 N–H and O–H groups in total. The van der Waals surface area contributed by atoms with Crippen molar-refractivity contribution in [2.45, 2.75) is 37.7 Å². The molecule has 0 bridgehead atoms. The number of benzene rings is 1. The molecule has 0 spiro atoms. The third kappa shape index (κ3) is 3.61. The molecule has 23 heavy (non-hydrogen) atoms. The first kappa shape index (κ1) is 17.6. The Morgan fingerprint density at radius 2 is 2.04 bits per heavy atom. The highest BCUT2D eigenvalue weighted by Gasteiger charge is 2.61. The van der Waals surface area contributed by atoms with Gasteiger partial charge < -0.3 is 15.7 Å². The van der Waals surface area contributed by atoms with Crippen LogP contribution in [-0.4, -0.2) is 35.0 Å². The number of halogens is 3. The van der Waals surface area contributed by atoms with Crippen molar-refractivity contribution in [2.75, 3.05) is 11.9 Å². The fourth-order valence-corrected chi connectivity index (χ4v) is 2.51. The predicted octanol–water partition coefficient (Wildman–Crippen LogP) is 2.25. The van der Waals surface area contributed by atoms with Gasteiger partial charge in [-0.1, -0.05) is 17.7 Å². The van der Waals surface area contributed by atoms with Crippen LogP contribution >= 0.6 is 11.6 Å². The Morgan fingerprint density at radius 3 is 2.57 bits per heavy atom. The van der Waals surface area contributed by atoms with Crippen LogP contribution in [0.3, 0.4) is 0 Å². The molecule has 5 nitrogen and oxygen atoms in total. The molecule has 1 saturated carbocycles. The van der Waals surface area contributed by atoms with E-state index in [0.29, 0.717) is 17.1 Å². The monoisotopic (exact) mass is 346 g/mol.